The Labute approximate surface area is 185 Å². The molecule has 0 saturated carbocycles. The quantitative estimate of drug-likeness (QED) is 0.446. The summed E-state index contributed by atoms with van der Waals surface area (Å²) < 4.78 is 0. The van der Waals surface area contributed by atoms with Crippen LogP contribution in [0.3, 0.4) is 0 Å². The van der Waals surface area contributed by atoms with Gasteiger partial charge >= 0.3 is 0 Å². The number of carbonyl (C=O) groups excluding carboxylic acids is 1. The minimum atomic E-state index is -0.349. The lowest BCUT2D eigenvalue weighted by Gasteiger charge is -2.23. The zero-order valence-electron chi connectivity index (χ0n) is 17.4. The largest absolute Gasteiger partial charge is 0.383 e. The maximum absolute atomic E-state index is 12.9. The van der Waals surface area contributed by atoms with E-state index in [9.17, 15) is 4.79 Å². The molecule has 1 amide bonds. The number of anilines is 4. The van der Waals surface area contributed by atoms with Crippen molar-refractivity contribution in [2.24, 2.45) is 5.92 Å². The first-order valence-electron chi connectivity index (χ1n) is 10.4. The van der Waals surface area contributed by atoms with E-state index in [1.165, 1.54) is 12.4 Å². The Kier molecular flexibility index (Phi) is 6.79. The van der Waals surface area contributed by atoms with Crippen LogP contribution >= 0.6 is 0 Å². The second kappa shape index (κ2) is 10.3. The van der Waals surface area contributed by atoms with Crippen molar-refractivity contribution < 1.29 is 4.79 Å². The van der Waals surface area contributed by atoms with E-state index < -0.39 is 0 Å². The molecular weight excluding hydrogens is 406 g/mol. The Morgan fingerprint density at radius 1 is 1.16 bits per heavy atom. The Balaban J connectivity index is 1.54. The van der Waals surface area contributed by atoms with Gasteiger partial charge in [-0.2, -0.15) is 5.26 Å². The van der Waals surface area contributed by atoms with E-state index in [2.05, 4.69) is 41.4 Å². The Hall–Kier alpha value is -4.10. The average molecular weight is 429 g/mol. The van der Waals surface area contributed by atoms with Crippen LogP contribution in [0.1, 0.15) is 29.0 Å². The maximum Gasteiger partial charge on any atom is 0.278 e. The zero-order chi connectivity index (χ0) is 22.2. The SMILES string of the molecule is N#Cc1cnc(Nc2cc(NCC3CCCNC3)c(C(=O)Nc3ccccc3)nn2)cn1. The molecule has 2 aromatic heterocycles. The highest BCUT2D eigenvalue weighted by Crippen LogP contribution is 2.21. The standard InChI is InChI=1S/C22H23N9O/c23-10-17-13-27-20(14-25-17)29-19-9-18(26-12-15-5-4-8-24-11-15)21(31-30-19)22(32)28-16-6-2-1-3-7-16/h1-3,6-7,9,13-15,24H,4-5,8,11-12H2,(H,28,32)(H2,26,27,29,30). The Bertz CT molecular complexity index is 1090. The van der Waals surface area contributed by atoms with Gasteiger partial charge in [0.25, 0.3) is 5.91 Å². The molecule has 3 aromatic rings. The molecule has 32 heavy (non-hydrogen) atoms. The number of benzene rings is 1. The molecule has 1 unspecified atom stereocenters. The molecule has 0 radical (unpaired) electrons. The van der Waals surface area contributed by atoms with Crippen molar-refractivity contribution in [2.45, 2.75) is 12.8 Å². The van der Waals surface area contributed by atoms with Crippen LogP contribution in [0.4, 0.5) is 23.0 Å². The molecule has 10 nitrogen and oxygen atoms in total. The first-order chi connectivity index (χ1) is 15.7. The molecule has 0 aliphatic carbocycles. The van der Waals surface area contributed by atoms with Gasteiger partial charge in [-0.15, -0.1) is 10.2 Å². The monoisotopic (exact) mass is 429 g/mol. The number of aromatic nitrogens is 4. The van der Waals surface area contributed by atoms with Crippen molar-refractivity contribution in [3.05, 3.63) is 60.2 Å². The van der Waals surface area contributed by atoms with Gasteiger partial charge in [0.2, 0.25) is 0 Å². The predicted octanol–water partition coefficient (Wildman–Crippen LogP) is 2.55. The van der Waals surface area contributed by atoms with E-state index in [4.69, 9.17) is 5.26 Å². The third-order valence-corrected chi connectivity index (χ3v) is 5.04. The number of nitrogens with zero attached hydrogens (tertiary/aromatic N) is 5. The van der Waals surface area contributed by atoms with Gasteiger partial charge in [0, 0.05) is 18.3 Å². The maximum atomic E-state index is 12.9. The molecule has 162 valence electrons. The fourth-order valence-electron chi connectivity index (χ4n) is 3.40. The van der Waals surface area contributed by atoms with Crippen molar-refractivity contribution in [3.8, 4) is 6.07 Å². The fourth-order valence-corrected chi connectivity index (χ4v) is 3.40. The molecule has 10 heteroatoms. The van der Waals surface area contributed by atoms with Gasteiger partial charge in [-0.1, -0.05) is 18.2 Å². The fraction of sp³-hybridized carbons (Fsp3) is 0.273. The number of piperidine rings is 1. The first kappa shape index (κ1) is 21.1. The van der Waals surface area contributed by atoms with E-state index in [-0.39, 0.29) is 17.3 Å². The lowest BCUT2D eigenvalue weighted by atomic mass is 9.99. The number of hydrogen-bond donors (Lipinski definition) is 4. The van der Waals surface area contributed by atoms with Gasteiger partial charge in [-0.05, 0) is 44.0 Å². The van der Waals surface area contributed by atoms with Crippen molar-refractivity contribution in [1.29, 1.82) is 5.26 Å². The summed E-state index contributed by atoms with van der Waals surface area (Å²) in [6, 6.07) is 12.9. The lowest BCUT2D eigenvalue weighted by molar-refractivity contribution is 0.102. The summed E-state index contributed by atoms with van der Waals surface area (Å²) in [5.41, 5.74) is 1.67. The number of nitriles is 1. The highest BCUT2D eigenvalue weighted by molar-refractivity contribution is 6.06. The van der Waals surface area contributed by atoms with Gasteiger partial charge in [0.1, 0.15) is 11.9 Å². The van der Waals surface area contributed by atoms with Crippen molar-refractivity contribution in [2.75, 3.05) is 35.6 Å². The molecule has 4 rings (SSSR count). The summed E-state index contributed by atoms with van der Waals surface area (Å²) in [4.78, 5) is 21.0. The van der Waals surface area contributed by atoms with Crippen LogP contribution in [-0.4, -0.2) is 45.7 Å². The molecule has 1 atom stereocenters. The zero-order valence-corrected chi connectivity index (χ0v) is 17.4. The number of nitrogens with one attached hydrogen (secondary N) is 4. The van der Waals surface area contributed by atoms with Crippen LogP contribution in [0, 0.1) is 17.2 Å². The number of para-hydroxylation sites is 1. The van der Waals surface area contributed by atoms with E-state index in [0.29, 0.717) is 35.5 Å². The molecule has 1 aliphatic heterocycles. The van der Waals surface area contributed by atoms with E-state index in [1.54, 1.807) is 6.07 Å². The molecule has 3 heterocycles. The first-order valence-corrected chi connectivity index (χ1v) is 10.4. The smallest absolute Gasteiger partial charge is 0.278 e. The minimum absolute atomic E-state index is 0.203. The number of carbonyl (C=O) groups is 1. The highest BCUT2D eigenvalue weighted by atomic mass is 16.2. The lowest BCUT2D eigenvalue weighted by Crippen LogP contribution is -2.34. The second-order valence-corrected chi connectivity index (χ2v) is 7.43. The van der Waals surface area contributed by atoms with E-state index in [0.717, 1.165) is 25.9 Å². The van der Waals surface area contributed by atoms with Gasteiger partial charge in [0.15, 0.2) is 17.2 Å². The van der Waals surface area contributed by atoms with Gasteiger partial charge in [-0.25, -0.2) is 9.97 Å². The van der Waals surface area contributed by atoms with Crippen LogP contribution in [0.5, 0.6) is 0 Å². The summed E-state index contributed by atoms with van der Waals surface area (Å²) in [5.74, 6) is 0.937. The summed E-state index contributed by atoms with van der Waals surface area (Å²) in [5, 5.41) is 29.8. The number of hydrogen-bond acceptors (Lipinski definition) is 9. The number of amides is 1. The minimum Gasteiger partial charge on any atom is -0.383 e. The molecule has 4 N–H and O–H groups in total. The van der Waals surface area contributed by atoms with Crippen LogP contribution in [-0.2, 0) is 0 Å². The molecule has 1 fully saturated rings. The van der Waals surface area contributed by atoms with Crippen molar-refractivity contribution >= 4 is 28.9 Å². The van der Waals surface area contributed by atoms with Crippen LogP contribution in [0.15, 0.2) is 48.8 Å². The molecule has 0 spiro atoms. The summed E-state index contributed by atoms with van der Waals surface area (Å²) in [6.07, 6.45) is 5.06. The Morgan fingerprint density at radius 3 is 2.75 bits per heavy atom. The summed E-state index contributed by atoms with van der Waals surface area (Å²) in [6.45, 7) is 2.68. The van der Waals surface area contributed by atoms with E-state index in [1.807, 2.05) is 36.4 Å². The van der Waals surface area contributed by atoms with Crippen molar-refractivity contribution in [1.82, 2.24) is 25.5 Å². The van der Waals surface area contributed by atoms with E-state index >= 15 is 0 Å². The van der Waals surface area contributed by atoms with Crippen LogP contribution in [0.25, 0.3) is 0 Å². The normalized spacial score (nSPS) is 15.4. The molecule has 0 bridgehead atoms. The third-order valence-electron chi connectivity index (χ3n) is 5.04. The van der Waals surface area contributed by atoms with Gasteiger partial charge in [0.05, 0.1) is 18.1 Å². The summed E-state index contributed by atoms with van der Waals surface area (Å²) in [7, 11) is 0. The van der Waals surface area contributed by atoms with Crippen LogP contribution < -0.4 is 21.3 Å². The Morgan fingerprint density at radius 2 is 2.03 bits per heavy atom. The molecule has 1 aromatic carbocycles. The van der Waals surface area contributed by atoms with Gasteiger partial charge < -0.3 is 21.3 Å². The average Bonchev–Trinajstić information content (AvgIpc) is 2.84. The molecule has 1 saturated heterocycles. The molecular formula is C22H23N9O. The predicted molar refractivity (Wildman–Crippen MR) is 121 cm³/mol. The second-order valence-electron chi connectivity index (χ2n) is 7.43. The highest BCUT2D eigenvalue weighted by Gasteiger charge is 2.18. The third kappa shape index (κ3) is 5.53. The summed E-state index contributed by atoms with van der Waals surface area (Å²) >= 11 is 0. The van der Waals surface area contributed by atoms with Crippen LogP contribution in [0.2, 0.25) is 0 Å². The molecule has 1 aliphatic rings. The number of rotatable bonds is 7. The topological polar surface area (TPSA) is 141 Å². The van der Waals surface area contributed by atoms with Crippen molar-refractivity contribution in [3.63, 3.8) is 0 Å². The van der Waals surface area contributed by atoms with Gasteiger partial charge in [-0.3, -0.25) is 4.79 Å².